The summed E-state index contributed by atoms with van der Waals surface area (Å²) in [6.07, 6.45) is 3.27. The smallest absolute Gasteiger partial charge is 0.261 e. The van der Waals surface area contributed by atoms with Gasteiger partial charge in [0, 0.05) is 18.9 Å². The first-order valence-electron chi connectivity index (χ1n) is 5.73. The van der Waals surface area contributed by atoms with E-state index in [1.54, 1.807) is 36.1 Å². The highest BCUT2D eigenvalue weighted by molar-refractivity contribution is 5.80. The Morgan fingerprint density at radius 3 is 2.95 bits per heavy atom. The quantitative estimate of drug-likeness (QED) is 0.659. The summed E-state index contributed by atoms with van der Waals surface area (Å²) in [5.41, 5.74) is 7.44. The maximum absolute atomic E-state index is 12.3. The SMILES string of the molecule is Cn1cc(Cn2cnc3ccc(N)cc3c2=O)nn1. The first kappa shape index (κ1) is 11.4. The highest BCUT2D eigenvalue weighted by Crippen LogP contribution is 2.11. The fourth-order valence-corrected chi connectivity index (χ4v) is 1.93. The molecule has 0 unspecified atom stereocenters. The maximum Gasteiger partial charge on any atom is 0.261 e. The van der Waals surface area contributed by atoms with Crippen LogP contribution in [0.1, 0.15) is 5.69 Å². The molecular formula is C12H12N6O. The number of aryl methyl sites for hydroxylation is 1. The van der Waals surface area contributed by atoms with E-state index in [1.807, 2.05) is 0 Å². The standard InChI is InChI=1S/C12H12N6O/c1-17-5-9(15-16-17)6-18-7-14-11-3-2-8(13)4-10(11)12(18)19/h2-5,7H,6,13H2,1H3. The molecule has 7 nitrogen and oxygen atoms in total. The van der Waals surface area contributed by atoms with Crippen molar-refractivity contribution in [3.8, 4) is 0 Å². The Morgan fingerprint density at radius 1 is 1.37 bits per heavy atom. The number of rotatable bonds is 2. The van der Waals surface area contributed by atoms with Gasteiger partial charge in [-0.3, -0.25) is 14.0 Å². The number of anilines is 1. The monoisotopic (exact) mass is 256 g/mol. The van der Waals surface area contributed by atoms with E-state index in [2.05, 4.69) is 15.3 Å². The Balaban J connectivity index is 2.09. The molecule has 0 radical (unpaired) electrons. The highest BCUT2D eigenvalue weighted by atomic mass is 16.1. The van der Waals surface area contributed by atoms with Gasteiger partial charge in [0.1, 0.15) is 5.69 Å². The van der Waals surface area contributed by atoms with Gasteiger partial charge >= 0.3 is 0 Å². The molecule has 0 saturated heterocycles. The van der Waals surface area contributed by atoms with Crippen LogP contribution in [0, 0.1) is 0 Å². The molecule has 0 fully saturated rings. The molecule has 2 N–H and O–H groups in total. The molecule has 0 amide bonds. The summed E-state index contributed by atoms with van der Waals surface area (Å²) in [6.45, 7) is 0.338. The molecular weight excluding hydrogens is 244 g/mol. The van der Waals surface area contributed by atoms with E-state index < -0.39 is 0 Å². The summed E-state index contributed by atoms with van der Waals surface area (Å²) >= 11 is 0. The molecule has 2 aromatic heterocycles. The average Bonchev–Trinajstić information content (AvgIpc) is 2.79. The number of hydrogen-bond donors (Lipinski definition) is 1. The molecule has 0 aliphatic rings. The van der Waals surface area contributed by atoms with E-state index in [-0.39, 0.29) is 5.56 Å². The van der Waals surface area contributed by atoms with Crippen LogP contribution in [0.25, 0.3) is 10.9 Å². The third kappa shape index (κ3) is 2.05. The van der Waals surface area contributed by atoms with E-state index in [0.29, 0.717) is 28.8 Å². The van der Waals surface area contributed by atoms with Crippen molar-refractivity contribution in [2.75, 3.05) is 5.73 Å². The minimum Gasteiger partial charge on any atom is -0.399 e. The van der Waals surface area contributed by atoms with Crippen molar-refractivity contribution >= 4 is 16.6 Å². The van der Waals surface area contributed by atoms with Crippen LogP contribution < -0.4 is 11.3 Å². The second-order valence-corrected chi connectivity index (χ2v) is 4.34. The molecule has 3 aromatic rings. The van der Waals surface area contributed by atoms with E-state index in [4.69, 9.17) is 5.73 Å². The van der Waals surface area contributed by atoms with Gasteiger partial charge in [-0.15, -0.1) is 5.10 Å². The number of hydrogen-bond acceptors (Lipinski definition) is 5. The van der Waals surface area contributed by atoms with Crippen LogP contribution in [0.15, 0.2) is 35.5 Å². The zero-order chi connectivity index (χ0) is 13.4. The molecule has 1 aromatic carbocycles. The summed E-state index contributed by atoms with van der Waals surface area (Å²) in [5, 5.41) is 8.29. The van der Waals surface area contributed by atoms with Gasteiger partial charge in [0.25, 0.3) is 5.56 Å². The van der Waals surface area contributed by atoms with Crippen LogP contribution in [0.5, 0.6) is 0 Å². The van der Waals surface area contributed by atoms with Crippen molar-refractivity contribution in [3.05, 3.63) is 46.8 Å². The second-order valence-electron chi connectivity index (χ2n) is 4.34. The lowest BCUT2D eigenvalue weighted by Gasteiger charge is -2.04. The topological polar surface area (TPSA) is 91.6 Å². The Morgan fingerprint density at radius 2 is 2.21 bits per heavy atom. The van der Waals surface area contributed by atoms with Gasteiger partial charge in [-0.05, 0) is 18.2 Å². The summed E-state index contributed by atoms with van der Waals surface area (Å²) in [5.74, 6) is 0. The van der Waals surface area contributed by atoms with Gasteiger partial charge < -0.3 is 5.73 Å². The van der Waals surface area contributed by atoms with E-state index in [1.165, 1.54) is 10.9 Å². The second kappa shape index (κ2) is 4.20. The number of fused-ring (bicyclic) bond motifs is 1. The number of nitrogens with zero attached hydrogens (tertiary/aromatic N) is 5. The third-order valence-corrected chi connectivity index (χ3v) is 2.83. The van der Waals surface area contributed by atoms with Crippen LogP contribution in [-0.2, 0) is 13.6 Å². The normalized spacial score (nSPS) is 11.0. The Labute approximate surface area is 108 Å². The fraction of sp³-hybridized carbons (Fsp3) is 0.167. The van der Waals surface area contributed by atoms with Crippen molar-refractivity contribution in [2.45, 2.75) is 6.54 Å². The fourth-order valence-electron chi connectivity index (χ4n) is 1.93. The summed E-state index contributed by atoms with van der Waals surface area (Å²) in [6, 6.07) is 5.10. The first-order valence-corrected chi connectivity index (χ1v) is 5.73. The largest absolute Gasteiger partial charge is 0.399 e. The molecule has 0 bridgehead atoms. The Kier molecular flexibility index (Phi) is 2.52. The van der Waals surface area contributed by atoms with Crippen LogP contribution in [0.4, 0.5) is 5.69 Å². The van der Waals surface area contributed by atoms with Crippen molar-refractivity contribution in [2.24, 2.45) is 7.05 Å². The average molecular weight is 256 g/mol. The first-order chi connectivity index (χ1) is 9.13. The maximum atomic E-state index is 12.3. The minimum absolute atomic E-state index is 0.136. The van der Waals surface area contributed by atoms with Crippen LogP contribution in [0.2, 0.25) is 0 Å². The number of benzene rings is 1. The zero-order valence-electron chi connectivity index (χ0n) is 10.3. The summed E-state index contributed by atoms with van der Waals surface area (Å²) in [7, 11) is 1.78. The van der Waals surface area contributed by atoms with Crippen LogP contribution in [-0.4, -0.2) is 24.5 Å². The molecule has 0 atom stereocenters. The van der Waals surface area contributed by atoms with Crippen molar-refractivity contribution < 1.29 is 0 Å². The lowest BCUT2D eigenvalue weighted by molar-refractivity contribution is 0.703. The lowest BCUT2D eigenvalue weighted by atomic mass is 10.2. The highest BCUT2D eigenvalue weighted by Gasteiger charge is 2.06. The molecule has 0 spiro atoms. The molecule has 0 saturated carbocycles. The van der Waals surface area contributed by atoms with Gasteiger partial charge in [0.2, 0.25) is 0 Å². The minimum atomic E-state index is -0.136. The van der Waals surface area contributed by atoms with E-state index >= 15 is 0 Å². The molecule has 0 aliphatic heterocycles. The Hall–Kier alpha value is -2.70. The summed E-state index contributed by atoms with van der Waals surface area (Å²) < 4.78 is 3.08. The predicted molar refractivity (Wildman–Crippen MR) is 70.5 cm³/mol. The predicted octanol–water partition coefficient (Wildman–Crippen LogP) is 0.155. The third-order valence-electron chi connectivity index (χ3n) is 2.83. The van der Waals surface area contributed by atoms with Gasteiger partial charge in [-0.25, -0.2) is 4.98 Å². The van der Waals surface area contributed by atoms with E-state index in [9.17, 15) is 4.79 Å². The number of nitrogen functional groups attached to an aromatic ring is 1. The summed E-state index contributed by atoms with van der Waals surface area (Å²) in [4.78, 5) is 16.5. The molecule has 2 heterocycles. The van der Waals surface area contributed by atoms with Crippen molar-refractivity contribution in [3.63, 3.8) is 0 Å². The van der Waals surface area contributed by atoms with Gasteiger partial charge in [-0.1, -0.05) is 5.21 Å². The Bertz CT molecular complexity index is 803. The molecule has 3 rings (SSSR count). The van der Waals surface area contributed by atoms with Gasteiger partial charge in [-0.2, -0.15) is 0 Å². The lowest BCUT2D eigenvalue weighted by Crippen LogP contribution is -2.21. The number of nitrogens with two attached hydrogens (primary N) is 1. The van der Waals surface area contributed by atoms with Crippen LogP contribution >= 0.6 is 0 Å². The van der Waals surface area contributed by atoms with Gasteiger partial charge in [0.05, 0.1) is 23.8 Å². The molecule has 7 heteroatoms. The molecule has 0 aliphatic carbocycles. The van der Waals surface area contributed by atoms with Crippen LogP contribution in [0.3, 0.4) is 0 Å². The van der Waals surface area contributed by atoms with Crippen molar-refractivity contribution in [1.82, 2.24) is 24.5 Å². The van der Waals surface area contributed by atoms with Crippen molar-refractivity contribution in [1.29, 1.82) is 0 Å². The van der Waals surface area contributed by atoms with E-state index in [0.717, 1.165) is 0 Å². The molecule has 19 heavy (non-hydrogen) atoms. The number of aromatic nitrogens is 5. The van der Waals surface area contributed by atoms with Gasteiger partial charge in [0.15, 0.2) is 0 Å². The zero-order valence-corrected chi connectivity index (χ0v) is 10.3. The molecule has 96 valence electrons.